The predicted octanol–water partition coefficient (Wildman–Crippen LogP) is 3.15. The summed E-state index contributed by atoms with van der Waals surface area (Å²) >= 11 is 6.12. The molecule has 1 fully saturated rings. The molecule has 15 heavy (non-hydrogen) atoms. The van der Waals surface area contributed by atoms with E-state index in [-0.39, 0.29) is 11.5 Å². The molecule has 1 saturated heterocycles. The Balaban J connectivity index is 2.13. The Kier molecular flexibility index (Phi) is 3.49. The number of halogens is 1. The molecule has 0 saturated carbocycles. The summed E-state index contributed by atoms with van der Waals surface area (Å²) in [5, 5.41) is 0.231. The van der Waals surface area contributed by atoms with Crippen LogP contribution in [0.3, 0.4) is 0 Å². The highest BCUT2D eigenvalue weighted by molar-refractivity contribution is 6.20. The van der Waals surface area contributed by atoms with Gasteiger partial charge in [-0.25, -0.2) is 0 Å². The van der Waals surface area contributed by atoms with Gasteiger partial charge >= 0.3 is 0 Å². The van der Waals surface area contributed by atoms with Gasteiger partial charge in [-0.15, -0.1) is 11.6 Å². The van der Waals surface area contributed by atoms with Crippen molar-refractivity contribution >= 4 is 11.6 Å². The van der Waals surface area contributed by atoms with Gasteiger partial charge < -0.3 is 9.47 Å². The van der Waals surface area contributed by atoms with Crippen LogP contribution in [0.25, 0.3) is 0 Å². The second kappa shape index (κ2) is 4.86. The quantitative estimate of drug-likeness (QED) is 0.722. The Morgan fingerprint density at radius 1 is 1.47 bits per heavy atom. The minimum absolute atomic E-state index is 0.122. The fraction of sp³-hybridized carbons (Fsp3) is 0.500. The van der Waals surface area contributed by atoms with Gasteiger partial charge in [0.15, 0.2) is 0 Å². The van der Waals surface area contributed by atoms with Crippen molar-refractivity contribution in [3.8, 4) is 5.75 Å². The van der Waals surface area contributed by atoms with E-state index in [2.05, 4.69) is 6.07 Å². The average Bonchev–Trinajstić information content (AvgIpc) is 2.29. The van der Waals surface area contributed by atoms with E-state index in [9.17, 15) is 0 Å². The Morgan fingerprint density at radius 2 is 2.33 bits per heavy atom. The summed E-state index contributed by atoms with van der Waals surface area (Å²) in [6.45, 7) is 0.746. The van der Waals surface area contributed by atoms with Crippen LogP contribution in [0.1, 0.15) is 24.5 Å². The van der Waals surface area contributed by atoms with Crippen LogP contribution in [0.5, 0.6) is 5.75 Å². The normalized spacial score (nSPS) is 26.3. The second-order valence-electron chi connectivity index (χ2n) is 3.76. The van der Waals surface area contributed by atoms with E-state index in [0.717, 1.165) is 30.8 Å². The van der Waals surface area contributed by atoms with Gasteiger partial charge in [0.2, 0.25) is 0 Å². The molecule has 1 aliphatic rings. The lowest BCUT2D eigenvalue weighted by Gasteiger charge is -2.26. The van der Waals surface area contributed by atoms with Crippen LogP contribution in [0.4, 0.5) is 0 Å². The first-order valence-corrected chi connectivity index (χ1v) is 5.63. The lowest BCUT2D eigenvalue weighted by atomic mass is 10.0. The highest BCUT2D eigenvalue weighted by Crippen LogP contribution is 2.31. The van der Waals surface area contributed by atoms with Gasteiger partial charge in [-0.1, -0.05) is 12.1 Å². The summed E-state index contributed by atoms with van der Waals surface area (Å²) in [4.78, 5) is 0. The van der Waals surface area contributed by atoms with Gasteiger partial charge in [-0.05, 0) is 30.5 Å². The van der Waals surface area contributed by atoms with E-state index in [1.165, 1.54) is 0 Å². The van der Waals surface area contributed by atoms with Gasteiger partial charge in [0.1, 0.15) is 5.75 Å². The molecule has 0 spiro atoms. The van der Waals surface area contributed by atoms with Crippen LogP contribution in [0.2, 0.25) is 0 Å². The lowest BCUT2D eigenvalue weighted by molar-refractivity contribution is 0.0167. The van der Waals surface area contributed by atoms with Crippen LogP contribution < -0.4 is 4.74 Å². The van der Waals surface area contributed by atoms with Gasteiger partial charge in [-0.2, -0.15) is 0 Å². The third kappa shape index (κ3) is 2.64. The molecule has 1 heterocycles. The molecule has 1 aromatic carbocycles. The molecule has 0 amide bonds. The number of benzene rings is 1. The molecule has 0 aliphatic carbocycles. The standard InChI is InChI=1S/C12H15ClO2/c1-14-11-4-2-3-9(7-11)12-8-10(13)5-6-15-12/h2-4,7,10,12H,5-6,8H2,1H3. The third-order valence-corrected chi connectivity index (χ3v) is 3.08. The molecule has 1 aromatic rings. The van der Waals surface area contributed by atoms with Crippen molar-refractivity contribution in [1.29, 1.82) is 0 Å². The first-order valence-electron chi connectivity index (χ1n) is 5.19. The minimum atomic E-state index is 0.122. The van der Waals surface area contributed by atoms with Crippen molar-refractivity contribution in [3.05, 3.63) is 29.8 Å². The molecule has 0 bridgehead atoms. The predicted molar refractivity (Wildman–Crippen MR) is 60.6 cm³/mol. The summed E-state index contributed by atoms with van der Waals surface area (Å²) in [7, 11) is 1.67. The highest BCUT2D eigenvalue weighted by atomic mass is 35.5. The topological polar surface area (TPSA) is 18.5 Å². The Bertz CT molecular complexity index is 327. The Labute approximate surface area is 95.1 Å². The largest absolute Gasteiger partial charge is 0.497 e. The zero-order valence-corrected chi connectivity index (χ0v) is 9.54. The summed E-state index contributed by atoms with van der Waals surface area (Å²) < 4.78 is 10.9. The number of alkyl halides is 1. The van der Waals surface area contributed by atoms with Crippen LogP contribution >= 0.6 is 11.6 Å². The van der Waals surface area contributed by atoms with Crippen molar-refractivity contribution in [2.75, 3.05) is 13.7 Å². The smallest absolute Gasteiger partial charge is 0.119 e. The van der Waals surface area contributed by atoms with Crippen LogP contribution in [-0.2, 0) is 4.74 Å². The van der Waals surface area contributed by atoms with E-state index in [0.29, 0.717) is 0 Å². The third-order valence-electron chi connectivity index (χ3n) is 2.69. The zero-order valence-electron chi connectivity index (χ0n) is 8.78. The first-order chi connectivity index (χ1) is 7.29. The maximum absolute atomic E-state index is 6.12. The number of ether oxygens (including phenoxy) is 2. The molecule has 0 radical (unpaired) electrons. The van der Waals surface area contributed by atoms with Crippen molar-refractivity contribution < 1.29 is 9.47 Å². The summed E-state index contributed by atoms with van der Waals surface area (Å²) in [6, 6.07) is 7.99. The summed E-state index contributed by atoms with van der Waals surface area (Å²) in [6.07, 6.45) is 1.95. The minimum Gasteiger partial charge on any atom is -0.497 e. The summed E-state index contributed by atoms with van der Waals surface area (Å²) in [5.41, 5.74) is 1.15. The highest BCUT2D eigenvalue weighted by Gasteiger charge is 2.22. The van der Waals surface area contributed by atoms with E-state index in [1.54, 1.807) is 7.11 Å². The van der Waals surface area contributed by atoms with Crippen LogP contribution in [-0.4, -0.2) is 19.1 Å². The van der Waals surface area contributed by atoms with Gasteiger partial charge in [-0.3, -0.25) is 0 Å². The number of hydrogen-bond donors (Lipinski definition) is 0. The molecule has 2 nitrogen and oxygen atoms in total. The molecule has 0 N–H and O–H groups in total. The molecule has 1 aliphatic heterocycles. The monoisotopic (exact) mass is 226 g/mol. The van der Waals surface area contributed by atoms with Crippen molar-refractivity contribution in [2.24, 2.45) is 0 Å². The molecule has 2 unspecified atom stereocenters. The van der Waals surface area contributed by atoms with Crippen LogP contribution in [0, 0.1) is 0 Å². The van der Waals surface area contributed by atoms with E-state index in [1.807, 2.05) is 18.2 Å². The summed E-state index contributed by atoms with van der Waals surface area (Å²) in [5.74, 6) is 0.868. The van der Waals surface area contributed by atoms with Crippen molar-refractivity contribution in [1.82, 2.24) is 0 Å². The molecular weight excluding hydrogens is 212 g/mol. The Morgan fingerprint density at radius 3 is 3.07 bits per heavy atom. The first kappa shape index (κ1) is 10.8. The number of rotatable bonds is 2. The molecule has 0 aromatic heterocycles. The number of methoxy groups -OCH3 is 1. The van der Waals surface area contributed by atoms with Crippen LogP contribution in [0.15, 0.2) is 24.3 Å². The van der Waals surface area contributed by atoms with Crippen molar-refractivity contribution in [3.63, 3.8) is 0 Å². The molecule has 2 rings (SSSR count). The fourth-order valence-electron chi connectivity index (χ4n) is 1.83. The SMILES string of the molecule is COc1cccc(C2CC(Cl)CCO2)c1. The Hall–Kier alpha value is -0.730. The van der Waals surface area contributed by atoms with E-state index >= 15 is 0 Å². The fourth-order valence-corrected chi connectivity index (χ4v) is 2.08. The zero-order chi connectivity index (χ0) is 10.7. The van der Waals surface area contributed by atoms with E-state index in [4.69, 9.17) is 21.1 Å². The molecule has 82 valence electrons. The van der Waals surface area contributed by atoms with Gasteiger partial charge in [0.25, 0.3) is 0 Å². The maximum Gasteiger partial charge on any atom is 0.119 e. The van der Waals surface area contributed by atoms with Gasteiger partial charge in [0.05, 0.1) is 13.2 Å². The van der Waals surface area contributed by atoms with Gasteiger partial charge in [0, 0.05) is 12.0 Å². The van der Waals surface area contributed by atoms with Crippen molar-refractivity contribution in [2.45, 2.75) is 24.3 Å². The second-order valence-corrected chi connectivity index (χ2v) is 4.37. The number of hydrogen-bond acceptors (Lipinski definition) is 2. The van der Waals surface area contributed by atoms with E-state index < -0.39 is 0 Å². The lowest BCUT2D eigenvalue weighted by Crippen LogP contribution is -2.19. The molecule has 3 heteroatoms. The average molecular weight is 227 g/mol. The molecular formula is C12H15ClO2. The maximum atomic E-state index is 6.12. The molecule has 2 atom stereocenters.